The molecule has 2 rings (SSSR count). The minimum atomic E-state index is -0.568. The van der Waals surface area contributed by atoms with E-state index in [-0.39, 0.29) is 12.5 Å². The molecule has 0 aliphatic carbocycles. The van der Waals surface area contributed by atoms with Crippen molar-refractivity contribution in [1.82, 2.24) is 4.90 Å². The smallest absolute Gasteiger partial charge is 0.260 e. The summed E-state index contributed by atoms with van der Waals surface area (Å²) < 4.78 is 23.6. The number of aryl methyl sites for hydroxylation is 2. The van der Waals surface area contributed by atoms with E-state index in [2.05, 4.69) is 0 Å². The monoisotopic (exact) mass is 295 g/mol. The van der Waals surface area contributed by atoms with Crippen LogP contribution in [0.1, 0.15) is 17.5 Å². The molecule has 1 heterocycles. The number of nitrogens with zero attached hydrogens (tertiary/aromatic N) is 1. The SMILES string of the molecule is Cc1ccc(OCC(=O)N2CCCO[C@@H](CF)C2)cc1C. The molecule has 4 nitrogen and oxygen atoms in total. The van der Waals surface area contributed by atoms with Gasteiger partial charge in [-0.15, -0.1) is 0 Å². The largest absolute Gasteiger partial charge is 0.484 e. The van der Waals surface area contributed by atoms with Crippen molar-refractivity contribution in [2.45, 2.75) is 26.4 Å². The van der Waals surface area contributed by atoms with Crippen molar-refractivity contribution in [3.05, 3.63) is 29.3 Å². The molecule has 1 aromatic carbocycles. The molecule has 0 unspecified atom stereocenters. The van der Waals surface area contributed by atoms with E-state index in [1.54, 1.807) is 4.90 Å². The average molecular weight is 295 g/mol. The molecule has 5 heteroatoms. The standard InChI is InChI=1S/C16H22FNO3/c1-12-4-5-14(8-13(12)2)21-11-16(19)18-6-3-7-20-15(9-17)10-18/h4-5,8,15H,3,6-7,9-11H2,1-2H3/t15-/m0/s1. The molecule has 0 radical (unpaired) electrons. The van der Waals surface area contributed by atoms with Crippen LogP contribution in [0.2, 0.25) is 0 Å². The minimum Gasteiger partial charge on any atom is -0.484 e. The van der Waals surface area contributed by atoms with Crippen molar-refractivity contribution in [3.63, 3.8) is 0 Å². The van der Waals surface area contributed by atoms with E-state index in [0.29, 0.717) is 25.4 Å². The van der Waals surface area contributed by atoms with Gasteiger partial charge in [-0.05, 0) is 43.5 Å². The normalized spacial score (nSPS) is 19.2. The molecule has 1 aliphatic heterocycles. The van der Waals surface area contributed by atoms with Gasteiger partial charge in [0, 0.05) is 19.7 Å². The summed E-state index contributed by atoms with van der Waals surface area (Å²) in [6, 6.07) is 5.73. The Hall–Kier alpha value is -1.62. The highest BCUT2D eigenvalue weighted by Crippen LogP contribution is 2.16. The maximum atomic E-state index is 12.7. The molecule has 1 aliphatic rings. The number of ether oxygens (including phenoxy) is 2. The first-order chi connectivity index (χ1) is 10.1. The minimum absolute atomic E-state index is 0.0263. The molecule has 0 saturated carbocycles. The molecule has 1 saturated heterocycles. The topological polar surface area (TPSA) is 38.8 Å². The predicted octanol–water partition coefficient (Wildman–Crippen LogP) is 2.27. The molecule has 1 amide bonds. The van der Waals surface area contributed by atoms with Gasteiger partial charge in [-0.25, -0.2) is 4.39 Å². The molecule has 21 heavy (non-hydrogen) atoms. The van der Waals surface area contributed by atoms with Gasteiger partial charge in [0.15, 0.2) is 6.61 Å². The van der Waals surface area contributed by atoms with Crippen LogP contribution in [-0.4, -0.2) is 49.9 Å². The average Bonchev–Trinajstić information content (AvgIpc) is 2.73. The van der Waals surface area contributed by atoms with Crippen molar-refractivity contribution >= 4 is 5.91 Å². The van der Waals surface area contributed by atoms with Crippen molar-refractivity contribution in [2.24, 2.45) is 0 Å². The number of rotatable bonds is 4. The molecular weight excluding hydrogens is 273 g/mol. The van der Waals surface area contributed by atoms with Gasteiger partial charge in [0.25, 0.3) is 5.91 Å². The third-order valence-corrected chi connectivity index (χ3v) is 3.72. The van der Waals surface area contributed by atoms with E-state index >= 15 is 0 Å². The van der Waals surface area contributed by atoms with Gasteiger partial charge in [-0.3, -0.25) is 4.79 Å². The fourth-order valence-corrected chi connectivity index (χ4v) is 2.26. The van der Waals surface area contributed by atoms with Gasteiger partial charge < -0.3 is 14.4 Å². The summed E-state index contributed by atoms with van der Waals surface area (Å²) in [7, 11) is 0. The Bertz CT molecular complexity index is 492. The number of carbonyl (C=O) groups excluding carboxylic acids is 1. The van der Waals surface area contributed by atoms with Crippen LogP contribution in [-0.2, 0) is 9.53 Å². The number of halogens is 1. The van der Waals surface area contributed by atoms with Crippen LogP contribution in [0.15, 0.2) is 18.2 Å². The Morgan fingerprint density at radius 1 is 1.43 bits per heavy atom. The molecule has 1 fully saturated rings. The number of carbonyl (C=O) groups is 1. The lowest BCUT2D eigenvalue weighted by Gasteiger charge is -2.22. The van der Waals surface area contributed by atoms with E-state index in [4.69, 9.17) is 9.47 Å². The van der Waals surface area contributed by atoms with Gasteiger partial charge in [0.1, 0.15) is 18.5 Å². The summed E-state index contributed by atoms with van der Waals surface area (Å²) in [6.07, 6.45) is 0.212. The molecule has 0 spiro atoms. The Balaban J connectivity index is 1.89. The van der Waals surface area contributed by atoms with E-state index in [1.807, 2.05) is 32.0 Å². The molecule has 0 aromatic heterocycles. The first-order valence-electron chi connectivity index (χ1n) is 7.25. The lowest BCUT2D eigenvalue weighted by Crippen LogP contribution is -2.40. The van der Waals surface area contributed by atoms with Crippen LogP contribution < -0.4 is 4.74 Å². The van der Waals surface area contributed by atoms with Crippen molar-refractivity contribution in [3.8, 4) is 5.75 Å². The van der Waals surface area contributed by atoms with E-state index in [0.717, 1.165) is 12.0 Å². The van der Waals surface area contributed by atoms with Crippen molar-refractivity contribution in [2.75, 3.05) is 33.0 Å². The fourth-order valence-electron chi connectivity index (χ4n) is 2.26. The maximum Gasteiger partial charge on any atom is 0.260 e. The zero-order valence-corrected chi connectivity index (χ0v) is 12.6. The summed E-state index contributed by atoms with van der Waals surface area (Å²) >= 11 is 0. The number of hydrogen-bond acceptors (Lipinski definition) is 3. The lowest BCUT2D eigenvalue weighted by molar-refractivity contribution is -0.134. The summed E-state index contributed by atoms with van der Waals surface area (Å²) in [5.74, 6) is 0.553. The summed E-state index contributed by atoms with van der Waals surface area (Å²) in [6.45, 7) is 4.82. The molecule has 0 N–H and O–H groups in total. The van der Waals surface area contributed by atoms with Gasteiger partial charge in [-0.2, -0.15) is 0 Å². The number of amides is 1. The Kier molecular flexibility index (Phi) is 5.56. The zero-order chi connectivity index (χ0) is 15.2. The molecule has 1 aromatic rings. The van der Waals surface area contributed by atoms with Crippen LogP contribution in [0.25, 0.3) is 0 Å². The van der Waals surface area contributed by atoms with Crippen molar-refractivity contribution in [1.29, 1.82) is 0 Å². The summed E-state index contributed by atoms with van der Waals surface area (Å²) in [5.41, 5.74) is 2.31. The Morgan fingerprint density at radius 2 is 2.24 bits per heavy atom. The zero-order valence-electron chi connectivity index (χ0n) is 12.6. The summed E-state index contributed by atoms with van der Waals surface area (Å²) in [5, 5.41) is 0. The highest BCUT2D eigenvalue weighted by molar-refractivity contribution is 5.77. The first kappa shape index (κ1) is 15.8. The second-order valence-electron chi connectivity index (χ2n) is 5.38. The second kappa shape index (κ2) is 7.41. The van der Waals surface area contributed by atoms with Crippen LogP contribution in [0.4, 0.5) is 4.39 Å². The number of alkyl halides is 1. The highest BCUT2D eigenvalue weighted by atomic mass is 19.1. The maximum absolute atomic E-state index is 12.7. The van der Waals surface area contributed by atoms with Crippen LogP contribution in [0.5, 0.6) is 5.75 Å². The molecular formula is C16H22FNO3. The Labute approximate surface area is 124 Å². The van der Waals surface area contributed by atoms with Gasteiger partial charge in [-0.1, -0.05) is 6.07 Å². The molecule has 1 atom stereocenters. The lowest BCUT2D eigenvalue weighted by atomic mass is 10.1. The van der Waals surface area contributed by atoms with Crippen LogP contribution in [0.3, 0.4) is 0 Å². The second-order valence-corrected chi connectivity index (χ2v) is 5.38. The van der Waals surface area contributed by atoms with Gasteiger partial charge in [0.2, 0.25) is 0 Å². The summed E-state index contributed by atoms with van der Waals surface area (Å²) in [4.78, 5) is 13.8. The van der Waals surface area contributed by atoms with E-state index in [1.165, 1.54) is 5.56 Å². The van der Waals surface area contributed by atoms with Crippen LogP contribution in [0, 0.1) is 13.8 Å². The molecule has 0 bridgehead atoms. The molecule has 116 valence electrons. The van der Waals surface area contributed by atoms with Crippen molar-refractivity contribution < 1.29 is 18.7 Å². The number of hydrogen-bond donors (Lipinski definition) is 0. The van der Waals surface area contributed by atoms with Crippen LogP contribution >= 0.6 is 0 Å². The fraction of sp³-hybridized carbons (Fsp3) is 0.562. The number of benzene rings is 1. The van der Waals surface area contributed by atoms with E-state index in [9.17, 15) is 9.18 Å². The highest BCUT2D eigenvalue weighted by Gasteiger charge is 2.22. The predicted molar refractivity (Wildman–Crippen MR) is 78.3 cm³/mol. The van der Waals surface area contributed by atoms with Gasteiger partial charge in [0.05, 0.1) is 0 Å². The first-order valence-corrected chi connectivity index (χ1v) is 7.25. The Morgan fingerprint density at radius 3 is 2.95 bits per heavy atom. The van der Waals surface area contributed by atoms with E-state index < -0.39 is 12.8 Å². The third kappa shape index (κ3) is 4.43. The quantitative estimate of drug-likeness (QED) is 0.855. The van der Waals surface area contributed by atoms with Gasteiger partial charge >= 0.3 is 0 Å². The third-order valence-electron chi connectivity index (χ3n) is 3.72.